The highest BCUT2D eigenvalue weighted by Crippen LogP contribution is 2.58. The second kappa shape index (κ2) is 5.21. The summed E-state index contributed by atoms with van der Waals surface area (Å²) in [6.07, 6.45) is 5.05. The van der Waals surface area contributed by atoms with Crippen LogP contribution in [0.15, 0.2) is 24.3 Å². The molecule has 1 fully saturated rings. The number of hydrogen-bond donors (Lipinski definition) is 1. The maximum absolute atomic E-state index is 10.1. The number of aliphatic hydroxyl groups excluding tert-OH is 1. The zero-order valence-electron chi connectivity index (χ0n) is 14.0. The minimum atomic E-state index is -0.485. The molecule has 1 aromatic rings. The molecule has 1 N–H and O–H groups in total. The van der Waals surface area contributed by atoms with Gasteiger partial charge in [0.25, 0.3) is 0 Å². The first kappa shape index (κ1) is 15.2. The smallest absolute Gasteiger partial charge is 0.167 e. The number of rotatable bonds is 1. The van der Waals surface area contributed by atoms with E-state index in [1.165, 1.54) is 0 Å². The maximum atomic E-state index is 10.1. The first-order valence-corrected chi connectivity index (χ1v) is 8.75. The Bertz CT molecular complexity index is 801. The van der Waals surface area contributed by atoms with E-state index < -0.39 is 12.2 Å². The topological polar surface area (TPSA) is 74.9 Å². The first-order valence-electron chi connectivity index (χ1n) is 8.75. The summed E-state index contributed by atoms with van der Waals surface area (Å²) in [7, 11) is 1.65. The molecule has 130 valence electrons. The zero-order valence-corrected chi connectivity index (χ0v) is 14.0. The van der Waals surface area contributed by atoms with Gasteiger partial charge in [-0.1, -0.05) is 18.2 Å². The molecule has 5 atom stereocenters. The van der Waals surface area contributed by atoms with Gasteiger partial charge in [-0.15, -0.1) is 0 Å². The van der Waals surface area contributed by atoms with Crippen LogP contribution in [0.1, 0.15) is 36.4 Å². The van der Waals surface area contributed by atoms with Gasteiger partial charge in [-0.2, -0.15) is 10.3 Å². The fraction of sp³-hybridized carbons (Fsp3) is 0.526. The van der Waals surface area contributed by atoms with Crippen LogP contribution in [0.3, 0.4) is 0 Å². The molecule has 0 amide bonds. The second-order valence-electron chi connectivity index (χ2n) is 7.24. The van der Waals surface area contributed by atoms with Crippen LogP contribution in [0.4, 0.5) is 0 Å². The average molecular weight is 340 g/mol. The van der Waals surface area contributed by atoms with Crippen LogP contribution in [-0.4, -0.2) is 42.1 Å². The molecule has 0 radical (unpaired) electrons. The molecule has 0 saturated carbocycles. The number of benzene rings is 1. The highest BCUT2D eigenvalue weighted by molar-refractivity contribution is 5.61. The van der Waals surface area contributed by atoms with Crippen molar-refractivity contribution in [1.29, 1.82) is 5.26 Å². The van der Waals surface area contributed by atoms with Crippen molar-refractivity contribution in [2.45, 2.75) is 49.0 Å². The van der Waals surface area contributed by atoms with Crippen LogP contribution in [0.5, 0.6) is 11.5 Å². The number of fused-ring (bicyclic) bond motifs is 2. The molecule has 6 heteroatoms. The molecule has 3 aliphatic heterocycles. The lowest BCUT2D eigenvalue weighted by molar-refractivity contribution is -0.151. The van der Waals surface area contributed by atoms with E-state index in [4.69, 9.17) is 14.3 Å². The second-order valence-corrected chi connectivity index (χ2v) is 7.24. The number of methoxy groups -OCH3 is 1. The number of aliphatic hydroxyl groups is 1. The van der Waals surface area contributed by atoms with Crippen LogP contribution in [-0.2, 0) is 10.3 Å². The van der Waals surface area contributed by atoms with Gasteiger partial charge >= 0.3 is 0 Å². The molecule has 4 aliphatic rings. The van der Waals surface area contributed by atoms with Gasteiger partial charge < -0.3 is 14.6 Å². The fourth-order valence-electron chi connectivity index (χ4n) is 4.88. The molecule has 5 rings (SSSR count). The van der Waals surface area contributed by atoms with Crippen LogP contribution in [0.2, 0.25) is 0 Å². The molecule has 2 unspecified atom stereocenters. The number of nitrogens with zero attached hydrogens (tertiary/aromatic N) is 2. The van der Waals surface area contributed by atoms with Gasteiger partial charge in [0.1, 0.15) is 6.10 Å². The fourth-order valence-corrected chi connectivity index (χ4v) is 4.88. The Balaban J connectivity index is 1.72. The standard InChI is InChI=1S/C19H20N2O4/c1-23-15-3-2-13-14-9-12(10-20)25-21(14)7-6-19-5-4-11(22)8-16(19)24-18(15)17(13)19/h2-5,11-12,14,16,22H,6-9H2,1H3/t11-,12?,14?,16-,19-/m0/s1. The normalized spacial score (nSPS) is 38.1. The predicted octanol–water partition coefficient (Wildman–Crippen LogP) is 1.99. The van der Waals surface area contributed by atoms with Crippen LogP contribution >= 0.6 is 0 Å². The lowest BCUT2D eigenvalue weighted by Crippen LogP contribution is -2.43. The van der Waals surface area contributed by atoms with Crippen molar-refractivity contribution in [3.8, 4) is 17.6 Å². The molecule has 1 aliphatic carbocycles. The monoisotopic (exact) mass is 340 g/mol. The molecule has 1 aromatic carbocycles. The molecule has 1 spiro atoms. The lowest BCUT2D eigenvalue weighted by Gasteiger charge is -2.35. The van der Waals surface area contributed by atoms with Crippen LogP contribution in [0, 0.1) is 11.3 Å². The van der Waals surface area contributed by atoms with Crippen molar-refractivity contribution in [2.24, 2.45) is 0 Å². The molecule has 0 bridgehead atoms. The summed E-state index contributed by atoms with van der Waals surface area (Å²) < 4.78 is 11.9. The molecular weight excluding hydrogens is 320 g/mol. The Kier molecular flexibility index (Phi) is 3.17. The van der Waals surface area contributed by atoms with Gasteiger partial charge in [0, 0.05) is 24.9 Å². The molecule has 0 aromatic heterocycles. The van der Waals surface area contributed by atoms with Gasteiger partial charge in [-0.05, 0) is 18.1 Å². The van der Waals surface area contributed by atoms with Crippen molar-refractivity contribution in [3.63, 3.8) is 0 Å². The van der Waals surface area contributed by atoms with Gasteiger partial charge in [0.05, 0.1) is 30.7 Å². The third-order valence-corrected chi connectivity index (χ3v) is 6.04. The van der Waals surface area contributed by atoms with E-state index in [1.807, 2.05) is 17.2 Å². The molecule has 6 nitrogen and oxygen atoms in total. The molecule has 3 heterocycles. The Morgan fingerprint density at radius 1 is 1.40 bits per heavy atom. The van der Waals surface area contributed by atoms with Gasteiger partial charge in [0.2, 0.25) is 0 Å². The van der Waals surface area contributed by atoms with Crippen molar-refractivity contribution in [2.75, 3.05) is 13.7 Å². The van der Waals surface area contributed by atoms with Gasteiger partial charge in [-0.25, -0.2) is 0 Å². The minimum absolute atomic E-state index is 0.0475. The number of hydrogen-bond acceptors (Lipinski definition) is 6. The Morgan fingerprint density at radius 3 is 3.08 bits per heavy atom. The summed E-state index contributed by atoms with van der Waals surface area (Å²) in [6.45, 7) is 0.722. The van der Waals surface area contributed by atoms with E-state index in [9.17, 15) is 10.4 Å². The third-order valence-electron chi connectivity index (χ3n) is 6.04. The van der Waals surface area contributed by atoms with E-state index in [0.29, 0.717) is 12.8 Å². The van der Waals surface area contributed by atoms with Gasteiger partial charge in [-0.3, -0.25) is 4.84 Å². The van der Waals surface area contributed by atoms with E-state index in [0.717, 1.165) is 35.6 Å². The Labute approximate surface area is 146 Å². The van der Waals surface area contributed by atoms with Crippen LogP contribution in [0.25, 0.3) is 0 Å². The number of nitriles is 1. The van der Waals surface area contributed by atoms with Crippen LogP contribution < -0.4 is 9.47 Å². The summed E-state index contributed by atoms with van der Waals surface area (Å²) in [5.74, 6) is 1.51. The van der Waals surface area contributed by atoms with Gasteiger partial charge in [0.15, 0.2) is 17.6 Å². The van der Waals surface area contributed by atoms with Crippen molar-refractivity contribution >= 4 is 0 Å². The first-order chi connectivity index (χ1) is 12.2. The van der Waals surface area contributed by atoms with E-state index >= 15 is 0 Å². The minimum Gasteiger partial charge on any atom is -0.493 e. The quantitative estimate of drug-likeness (QED) is 0.788. The number of ether oxygens (including phenoxy) is 2. The Hall–Kier alpha value is -2.07. The summed E-state index contributed by atoms with van der Waals surface area (Å²) >= 11 is 0. The maximum Gasteiger partial charge on any atom is 0.167 e. The molecule has 1 saturated heterocycles. The highest BCUT2D eigenvalue weighted by atomic mass is 16.7. The van der Waals surface area contributed by atoms with E-state index in [1.54, 1.807) is 7.11 Å². The number of hydroxylamine groups is 2. The summed E-state index contributed by atoms with van der Waals surface area (Å²) in [6, 6.07) is 6.29. The van der Waals surface area contributed by atoms with Crippen molar-refractivity contribution in [1.82, 2.24) is 5.06 Å². The summed E-state index contributed by atoms with van der Waals surface area (Å²) in [5.41, 5.74) is 2.03. The third kappa shape index (κ3) is 1.94. The SMILES string of the molecule is COc1ccc2c3c1O[C@H]1C[C@@H](O)C=C[C@@]31CCN1OC(C#N)CC21. The molecular formula is C19H20N2O4. The largest absolute Gasteiger partial charge is 0.493 e. The van der Waals surface area contributed by atoms with Crippen molar-refractivity contribution < 1.29 is 19.4 Å². The van der Waals surface area contributed by atoms with Crippen molar-refractivity contribution in [3.05, 3.63) is 35.4 Å². The Morgan fingerprint density at radius 2 is 2.28 bits per heavy atom. The zero-order chi connectivity index (χ0) is 17.2. The lowest BCUT2D eigenvalue weighted by atomic mass is 9.68. The molecule has 25 heavy (non-hydrogen) atoms. The summed E-state index contributed by atoms with van der Waals surface area (Å²) in [4.78, 5) is 5.84. The average Bonchev–Trinajstić information content (AvgIpc) is 3.15. The predicted molar refractivity (Wildman–Crippen MR) is 88.0 cm³/mol. The highest BCUT2D eigenvalue weighted by Gasteiger charge is 2.55. The summed E-state index contributed by atoms with van der Waals surface area (Å²) in [5, 5.41) is 21.3. The van der Waals surface area contributed by atoms with E-state index in [2.05, 4.69) is 18.2 Å². The van der Waals surface area contributed by atoms with E-state index in [-0.39, 0.29) is 17.6 Å².